The fourth-order valence-electron chi connectivity index (χ4n) is 11.2. The standard InChI is InChI=1S/C32H35N7O4.C25H29N7O4/c1-37(18-20-7-4-3-5-8-20)29-15-25(35-31-23(17-34-39(29)31)32(41)36-24-10-11-27(24)40)22-16-33-30-21(22)9-6-13-38(30)26-12-14-43-19-28(26)42-2;1-26-22-10-18(29-24-16(12-28-32(22)24)25(34)30-17-5-6-20(17)33)15-11-27-23-14(15)4-3-8-31(23)19-7-9-36-13-21(19)35-2/h3-9,13,15-17,24,26-28,40H,10-12,14,18-19H2,1-2H3,(H,36,41);3-4,8,10-12,17,19-21,26,33H,5-7,9,13H2,1-2H3,(H,30,34)/t24-,26+,27+,28+;17?,19-,20-,21-/m01/s1. The number of carbonyl (C=O) groups excluding carboxylic acids is 2. The summed E-state index contributed by atoms with van der Waals surface area (Å²) < 4.78 is 30.4. The minimum Gasteiger partial charge on any atom is -0.391 e. The van der Waals surface area contributed by atoms with E-state index in [1.807, 2.05) is 80.4 Å². The Balaban J connectivity index is 0.000000160. The van der Waals surface area contributed by atoms with Crippen molar-refractivity contribution in [2.24, 2.45) is 0 Å². The molecule has 22 heteroatoms. The highest BCUT2D eigenvalue weighted by Gasteiger charge is 2.35. The number of hydrogen-bond donors (Lipinski definition) is 5. The third kappa shape index (κ3) is 9.82. The molecule has 1 unspecified atom stereocenters. The Hall–Kier alpha value is -7.86. The van der Waals surface area contributed by atoms with E-state index in [0.29, 0.717) is 85.4 Å². The van der Waals surface area contributed by atoms with Crippen LogP contribution < -0.4 is 20.9 Å². The van der Waals surface area contributed by atoms with Crippen molar-refractivity contribution in [3.8, 4) is 45.3 Å². The molecule has 0 radical (unpaired) electrons. The smallest absolute Gasteiger partial charge is 0.257 e. The van der Waals surface area contributed by atoms with Crippen molar-refractivity contribution in [1.29, 1.82) is 0 Å². The van der Waals surface area contributed by atoms with Crippen molar-refractivity contribution in [1.82, 2.24) is 58.9 Å². The molecule has 1 aromatic carbocycles. The Morgan fingerprint density at radius 2 is 1.18 bits per heavy atom. The first-order chi connectivity index (χ1) is 38.6. The second kappa shape index (κ2) is 22.1. The zero-order valence-corrected chi connectivity index (χ0v) is 44.5. The Kier molecular flexibility index (Phi) is 14.5. The van der Waals surface area contributed by atoms with Gasteiger partial charge in [0.05, 0.1) is 73.4 Å². The van der Waals surface area contributed by atoms with Crippen molar-refractivity contribution in [2.45, 2.75) is 93.7 Å². The van der Waals surface area contributed by atoms with Crippen molar-refractivity contribution in [3.63, 3.8) is 0 Å². The first-order valence-electron chi connectivity index (χ1n) is 26.9. The molecule has 6 aliphatic heterocycles. The monoisotopic (exact) mass is 1070 g/mol. The van der Waals surface area contributed by atoms with Gasteiger partial charge in [0.2, 0.25) is 0 Å². The number of aliphatic hydroxyl groups is 2. The fourth-order valence-corrected chi connectivity index (χ4v) is 11.2. The van der Waals surface area contributed by atoms with Gasteiger partial charge < -0.3 is 59.1 Å². The van der Waals surface area contributed by atoms with E-state index in [-0.39, 0.29) is 48.2 Å². The summed E-state index contributed by atoms with van der Waals surface area (Å²) in [6.45, 7) is 3.07. The van der Waals surface area contributed by atoms with Crippen LogP contribution in [0.4, 0.5) is 11.6 Å². The third-order valence-electron chi connectivity index (χ3n) is 16.0. The average molecular weight is 1070 g/mol. The Labute approximate surface area is 455 Å². The number of nitrogens with one attached hydrogen (secondary N) is 3. The van der Waals surface area contributed by atoms with Crippen molar-refractivity contribution >= 4 is 34.7 Å². The van der Waals surface area contributed by atoms with Crippen LogP contribution in [0.3, 0.4) is 0 Å². The summed E-state index contributed by atoms with van der Waals surface area (Å²) >= 11 is 0. The summed E-state index contributed by atoms with van der Waals surface area (Å²) in [5.41, 5.74) is 7.76. The van der Waals surface area contributed by atoms with E-state index < -0.39 is 12.2 Å². The van der Waals surface area contributed by atoms with E-state index in [1.165, 1.54) is 6.20 Å². The van der Waals surface area contributed by atoms with Gasteiger partial charge in [-0.15, -0.1) is 0 Å². The summed E-state index contributed by atoms with van der Waals surface area (Å²) in [5, 5.41) is 37.9. The zero-order valence-electron chi connectivity index (χ0n) is 44.5. The highest BCUT2D eigenvalue weighted by molar-refractivity contribution is 6.01. The van der Waals surface area contributed by atoms with E-state index in [0.717, 1.165) is 71.0 Å². The number of nitrogens with zero attached hydrogens (tertiary/aromatic N) is 11. The molecule has 2 saturated heterocycles. The molecule has 8 aliphatic rings. The summed E-state index contributed by atoms with van der Waals surface area (Å²) in [4.78, 5) is 47.9. The predicted octanol–water partition coefficient (Wildman–Crippen LogP) is 5.53. The van der Waals surface area contributed by atoms with Gasteiger partial charge >= 0.3 is 0 Å². The lowest BCUT2D eigenvalue weighted by molar-refractivity contribution is -0.0600. The van der Waals surface area contributed by atoms with Gasteiger partial charge in [-0.1, -0.05) is 30.3 Å². The molecule has 4 aromatic heterocycles. The zero-order chi connectivity index (χ0) is 54.3. The molecule has 5 N–H and O–H groups in total. The molecule has 0 bridgehead atoms. The molecule has 2 amide bonds. The van der Waals surface area contributed by atoms with Crippen LogP contribution >= 0.6 is 0 Å². The first-order valence-corrected chi connectivity index (χ1v) is 26.9. The van der Waals surface area contributed by atoms with Crippen LogP contribution in [0, 0.1) is 0 Å². The largest absolute Gasteiger partial charge is 0.391 e. The topological polar surface area (TPSA) is 247 Å². The van der Waals surface area contributed by atoms with Crippen LogP contribution in [-0.4, -0.2) is 162 Å². The molecule has 8 atom stereocenters. The number of pyridine rings is 2. The van der Waals surface area contributed by atoms with Gasteiger partial charge in [0, 0.05) is 107 Å². The minimum absolute atomic E-state index is 0.0538. The number of amides is 2. The maximum Gasteiger partial charge on any atom is 0.257 e. The van der Waals surface area contributed by atoms with Crippen LogP contribution in [0.1, 0.15) is 76.9 Å². The molecule has 5 aromatic rings. The minimum atomic E-state index is -0.524. The van der Waals surface area contributed by atoms with Crippen LogP contribution in [0.5, 0.6) is 0 Å². The van der Waals surface area contributed by atoms with E-state index >= 15 is 0 Å². The average Bonchev–Trinajstić information content (AvgIpc) is 4.54. The lowest BCUT2D eigenvalue weighted by atomic mass is 9.89. The maximum absolute atomic E-state index is 13.4. The lowest BCUT2D eigenvalue weighted by Gasteiger charge is -2.33. The van der Waals surface area contributed by atoms with Crippen LogP contribution in [0.2, 0.25) is 0 Å². The molecule has 2 saturated carbocycles. The number of hydrogen-bond acceptors (Lipinski definition) is 16. The predicted molar refractivity (Wildman–Crippen MR) is 293 cm³/mol. The number of aliphatic hydroxyl groups excluding tert-OH is 2. The van der Waals surface area contributed by atoms with Gasteiger partial charge in [0.25, 0.3) is 11.8 Å². The van der Waals surface area contributed by atoms with E-state index in [2.05, 4.69) is 58.4 Å². The number of aromatic nitrogens is 10. The first kappa shape index (κ1) is 51.9. The highest BCUT2D eigenvalue weighted by Crippen LogP contribution is 2.40. The van der Waals surface area contributed by atoms with Crippen molar-refractivity contribution in [2.75, 3.05) is 65.0 Å². The Morgan fingerprint density at radius 1 is 0.658 bits per heavy atom. The normalized spacial score (nSPS) is 23.0. The molecule has 410 valence electrons. The van der Waals surface area contributed by atoms with Crippen LogP contribution in [-0.2, 0) is 25.5 Å². The second-order valence-electron chi connectivity index (χ2n) is 20.7. The van der Waals surface area contributed by atoms with Gasteiger partial charge in [0.1, 0.15) is 46.6 Å². The molecule has 79 heavy (non-hydrogen) atoms. The second-order valence-corrected chi connectivity index (χ2v) is 20.7. The van der Waals surface area contributed by atoms with Gasteiger partial charge in [-0.25, -0.2) is 19.9 Å². The quantitative estimate of drug-likeness (QED) is 0.0898. The Morgan fingerprint density at radius 3 is 1.67 bits per heavy atom. The van der Waals surface area contributed by atoms with Gasteiger partial charge in [-0.05, 0) is 68.4 Å². The number of rotatable bonds is 14. The molecular weight excluding hydrogens is 1010 g/mol. The van der Waals surface area contributed by atoms with Gasteiger partial charge in [-0.2, -0.15) is 19.2 Å². The van der Waals surface area contributed by atoms with Gasteiger partial charge in [-0.3, -0.25) is 9.59 Å². The summed E-state index contributed by atoms with van der Waals surface area (Å²) in [6.07, 6.45) is 14.2. The number of carbonyl (C=O) groups is 2. The lowest BCUT2D eigenvalue weighted by Crippen LogP contribution is -2.50. The maximum atomic E-state index is 13.4. The molecule has 22 nitrogen and oxygen atoms in total. The Bertz CT molecular complexity index is 3560. The molecule has 4 fully saturated rings. The third-order valence-corrected chi connectivity index (χ3v) is 16.0. The van der Waals surface area contributed by atoms with Crippen LogP contribution in [0.25, 0.3) is 56.6 Å². The van der Waals surface area contributed by atoms with Crippen molar-refractivity contribution < 1.29 is 38.7 Å². The fraction of sp³-hybridized carbons (Fsp3) is 0.404. The SMILES string of the molecule is CNc1cc(-c2cnc3n([C@@H]4CCOC[C@H]4OC)cccc2-3)nc2c(C(=O)NC3CC[C@H]3O)cnn12.CO[C@@H]1COCC[C@H]1n1cccc2c(-c3cc(N(C)Cc4ccccc4)n4ncc(C(=O)N[C@H]5CC[C@H]5O)c4n3)cnc1-2. The number of anilines is 2. The molecule has 0 spiro atoms. The summed E-state index contributed by atoms with van der Waals surface area (Å²) in [6, 6.07) is 21.9. The molecule has 2 aliphatic carbocycles. The van der Waals surface area contributed by atoms with Gasteiger partial charge in [0.15, 0.2) is 11.3 Å². The highest BCUT2D eigenvalue weighted by atomic mass is 16.5. The van der Waals surface area contributed by atoms with Crippen LogP contribution in [0.15, 0.2) is 104 Å². The molecular formula is C57H64N14O8. The van der Waals surface area contributed by atoms with E-state index in [1.54, 1.807) is 36.5 Å². The summed E-state index contributed by atoms with van der Waals surface area (Å²) in [5.74, 6) is 2.58. The number of benzene rings is 1. The van der Waals surface area contributed by atoms with E-state index in [9.17, 15) is 19.8 Å². The molecule has 13 rings (SSSR count). The number of fused-ring (bicyclic) bond motifs is 4. The van der Waals surface area contributed by atoms with Crippen molar-refractivity contribution in [3.05, 3.63) is 121 Å². The number of ether oxygens (including phenoxy) is 4. The number of methoxy groups -OCH3 is 2. The summed E-state index contributed by atoms with van der Waals surface area (Å²) in [7, 11) is 7.23. The van der Waals surface area contributed by atoms with E-state index in [4.69, 9.17) is 38.9 Å². The molecule has 10 heterocycles.